The summed E-state index contributed by atoms with van der Waals surface area (Å²) in [7, 11) is 0. The van der Waals surface area contributed by atoms with Gasteiger partial charge in [0.1, 0.15) is 0 Å². The number of thiophene rings is 1. The van der Waals surface area contributed by atoms with Crippen LogP contribution in [0.2, 0.25) is 5.02 Å². The molecule has 0 saturated heterocycles. The molecule has 0 N–H and O–H groups in total. The lowest BCUT2D eigenvalue weighted by atomic mass is 10.2. The van der Waals surface area contributed by atoms with Gasteiger partial charge in [0.2, 0.25) is 11.8 Å². The molecule has 7 heteroatoms. The summed E-state index contributed by atoms with van der Waals surface area (Å²) in [6.07, 6.45) is 0. The van der Waals surface area contributed by atoms with E-state index >= 15 is 0 Å². The van der Waals surface area contributed by atoms with E-state index in [1.807, 2.05) is 62.4 Å². The van der Waals surface area contributed by atoms with Crippen LogP contribution in [-0.2, 0) is 6.54 Å². The largest absolute Gasteiger partial charge is 0.419 e. The average Bonchev–Trinajstić information content (AvgIpc) is 3.32. The molecule has 0 aliphatic heterocycles. The number of amides is 1. The van der Waals surface area contributed by atoms with Crippen molar-refractivity contribution in [1.29, 1.82) is 0 Å². The number of halogens is 1. The zero-order valence-electron chi connectivity index (χ0n) is 15.4. The van der Waals surface area contributed by atoms with E-state index in [0.29, 0.717) is 27.2 Å². The van der Waals surface area contributed by atoms with Crippen molar-refractivity contribution in [2.45, 2.75) is 26.4 Å². The van der Waals surface area contributed by atoms with Gasteiger partial charge in [0.05, 0.1) is 22.0 Å². The van der Waals surface area contributed by atoms with Crippen molar-refractivity contribution in [3.63, 3.8) is 0 Å². The van der Waals surface area contributed by atoms with Crippen LogP contribution in [0.25, 0.3) is 21.5 Å². The summed E-state index contributed by atoms with van der Waals surface area (Å²) in [6.45, 7) is 4.18. The summed E-state index contributed by atoms with van der Waals surface area (Å²) < 4.78 is 6.87. The smallest absolute Gasteiger partial charge is 0.264 e. The zero-order valence-corrected chi connectivity index (χ0v) is 17.0. The highest BCUT2D eigenvalue weighted by molar-refractivity contribution is 7.20. The van der Waals surface area contributed by atoms with Gasteiger partial charge in [0.25, 0.3) is 5.91 Å². The lowest BCUT2D eigenvalue weighted by molar-refractivity contribution is 0.0677. The van der Waals surface area contributed by atoms with Crippen LogP contribution in [0, 0.1) is 0 Å². The Balaban J connectivity index is 1.59. The molecule has 0 spiro atoms. The first-order valence-corrected chi connectivity index (χ1v) is 10.1. The molecule has 2 aromatic heterocycles. The van der Waals surface area contributed by atoms with Crippen LogP contribution in [0.15, 0.2) is 59.0 Å². The minimum absolute atomic E-state index is 0.0200. The fraction of sp³-hybridized carbons (Fsp3) is 0.190. The summed E-state index contributed by atoms with van der Waals surface area (Å²) in [4.78, 5) is 15.5. The van der Waals surface area contributed by atoms with Crippen molar-refractivity contribution >= 4 is 38.9 Å². The van der Waals surface area contributed by atoms with E-state index in [1.54, 1.807) is 11.0 Å². The summed E-state index contributed by atoms with van der Waals surface area (Å²) in [6, 6.07) is 17.2. The Labute approximate surface area is 171 Å². The third-order valence-corrected chi connectivity index (χ3v) is 5.83. The van der Waals surface area contributed by atoms with E-state index in [4.69, 9.17) is 16.0 Å². The van der Waals surface area contributed by atoms with Gasteiger partial charge in [-0.1, -0.05) is 41.9 Å². The molecule has 0 aliphatic rings. The molecular formula is C21H18ClN3O2S. The number of rotatable bonds is 5. The first kappa shape index (κ1) is 18.7. The molecule has 1 amide bonds. The van der Waals surface area contributed by atoms with E-state index in [9.17, 15) is 4.79 Å². The van der Waals surface area contributed by atoms with Crippen LogP contribution >= 0.6 is 22.9 Å². The molecule has 0 bridgehead atoms. The van der Waals surface area contributed by atoms with E-state index < -0.39 is 0 Å². The normalized spacial score (nSPS) is 11.3. The summed E-state index contributed by atoms with van der Waals surface area (Å²) in [5.74, 6) is 0.672. The van der Waals surface area contributed by atoms with Gasteiger partial charge < -0.3 is 9.32 Å². The molecular weight excluding hydrogens is 394 g/mol. The molecule has 28 heavy (non-hydrogen) atoms. The number of carbonyl (C=O) groups is 1. The van der Waals surface area contributed by atoms with Crippen molar-refractivity contribution in [2.24, 2.45) is 0 Å². The Morgan fingerprint density at radius 1 is 1.14 bits per heavy atom. The Morgan fingerprint density at radius 3 is 2.64 bits per heavy atom. The molecule has 4 rings (SSSR count). The zero-order chi connectivity index (χ0) is 19.7. The topological polar surface area (TPSA) is 59.2 Å². The number of aromatic nitrogens is 2. The quantitative estimate of drug-likeness (QED) is 0.425. The Hall–Kier alpha value is -2.70. The van der Waals surface area contributed by atoms with Crippen molar-refractivity contribution < 1.29 is 9.21 Å². The highest BCUT2D eigenvalue weighted by atomic mass is 35.5. The number of hydrogen-bond acceptors (Lipinski definition) is 5. The molecule has 2 heterocycles. The van der Waals surface area contributed by atoms with E-state index in [0.717, 1.165) is 10.1 Å². The van der Waals surface area contributed by atoms with Crippen molar-refractivity contribution in [1.82, 2.24) is 15.1 Å². The number of nitrogens with zero attached hydrogens (tertiary/aromatic N) is 3. The van der Waals surface area contributed by atoms with Crippen LogP contribution in [0.5, 0.6) is 0 Å². The van der Waals surface area contributed by atoms with Gasteiger partial charge in [-0.25, -0.2) is 0 Å². The third-order valence-electron chi connectivity index (χ3n) is 4.40. The highest BCUT2D eigenvalue weighted by Crippen LogP contribution is 2.29. The number of fused-ring (bicyclic) bond motifs is 1. The second kappa shape index (κ2) is 7.73. The lowest BCUT2D eigenvalue weighted by Crippen LogP contribution is -2.36. The van der Waals surface area contributed by atoms with Crippen LogP contribution in [0.4, 0.5) is 0 Å². The minimum atomic E-state index is -0.0475. The van der Waals surface area contributed by atoms with Gasteiger partial charge in [0.15, 0.2) is 0 Å². The molecule has 2 aromatic carbocycles. The standard InChI is InChI=1S/C21H18ClN3O2S/c1-13(2)25(21(26)18-11-14-7-3-6-10-17(14)28-18)12-19-23-24-20(27-19)15-8-4-5-9-16(15)22/h3-11,13H,12H2,1-2H3. The minimum Gasteiger partial charge on any atom is -0.419 e. The molecule has 5 nitrogen and oxygen atoms in total. The molecule has 0 aliphatic carbocycles. The fourth-order valence-electron chi connectivity index (χ4n) is 2.92. The molecule has 0 radical (unpaired) electrons. The maximum atomic E-state index is 13.1. The van der Waals surface area contributed by atoms with Gasteiger partial charge in [-0.05, 0) is 43.5 Å². The molecule has 0 atom stereocenters. The molecule has 4 aromatic rings. The predicted molar refractivity (Wildman–Crippen MR) is 112 cm³/mol. The van der Waals surface area contributed by atoms with Crippen LogP contribution in [0.3, 0.4) is 0 Å². The lowest BCUT2D eigenvalue weighted by Gasteiger charge is -2.24. The Bertz CT molecular complexity index is 1100. The van der Waals surface area contributed by atoms with E-state index in [1.165, 1.54) is 11.3 Å². The first-order chi connectivity index (χ1) is 13.5. The molecule has 0 saturated carbocycles. The molecule has 0 fully saturated rings. The summed E-state index contributed by atoms with van der Waals surface area (Å²) in [5.41, 5.74) is 0.676. The first-order valence-electron chi connectivity index (χ1n) is 8.90. The van der Waals surface area contributed by atoms with Gasteiger partial charge in [-0.2, -0.15) is 0 Å². The van der Waals surface area contributed by atoms with E-state index in [2.05, 4.69) is 10.2 Å². The second-order valence-corrected chi connectivity index (χ2v) is 8.15. The second-order valence-electron chi connectivity index (χ2n) is 6.66. The maximum Gasteiger partial charge on any atom is 0.264 e. The van der Waals surface area contributed by atoms with Crippen molar-refractivity contribution in [2.75, 3.05) is 0 Å². The van der Waals surface area contributed by atoms with E-state index in [-0.39, 0.29) is 18.5 Å². The van der Waals surface area contributed by atoms with Gasteiger partial charge in [-0.15, -0.1) is 21.5 Å². The number of carbonyl (C=O) groups excluding carboxylic acids is 1. The summed E-state index contributed by atoms with van der Waals surface area (Å²) >= 11 is 7.69. The highest BCUT2D eigenvalue weighted by Gasteiger charge is 2.23. The fourth-order valence-corrected chi connectivity index (χ4v) is 4.16. The van der Waals surface area contributed by atoms with Crippen molar-refractivity contribution in [3.05, 3.63) is 70.4 Å². The maximum absolute atomic E-state index is 13.1. The molecule has 142 valence electrons. The SMILES string of the molecule is CC(C)N(Cc1nnc(-c2ccccc2Cl)o1)C(=O)c1cc2ccccc2s1. The van der Waals surface area contributed by atoms with Crippen LogP contribution in [0.1, 0.15) is 29.4 Å². The van der Waals surface area contributed by atoms with Crippen LogP contribution < -0.4 is 0 Å². The molecule has 0 unspecified atom stereocenters. The van der Waals surface area contributed by atoms with Gasteiger partial charge >= 0.3 is 0 Å². The predicted octanol–water partition coefficient (Wildman–Crippen LogP) is 5.66. The van der Waals surface area contributed by atoms with Crippen LogP contribution in [-0.4, -0.2) is 27.0 Å². The average molecular weight is 412 g/mol. The van der Waals surface area contributed by atoms with Gasteiger partial charge in [0, 0.05) is 10.7 Å². The van der Waals surface area contributed by atoms with Gasteiger partial charge in [-0.3, -0.25) is 4.79 Å². The number of hydrogen-bond donors (Lipinski definition) is 0. The monoisotopic (exact) mass is 411 g/mol. The summed E-state index contributed by atoms with van der Waals surface area (Å²) in [5, 5.41) is 9.81. The number of benzene rings is 2. The Morgan fingerprint density at radius 2 is 1.89 bits per heavy atom. The van der Waals surface area contributed by atoms with Crippen molar-refractivity contribution in [3.8, 4) is 11.5 Å². The Kier molecular flexibility index (Phi) is 5.15. The third kappa shape index (κ3) is 3.66.